The van der Waals surface area contributed by atoms with Crippen molar-refractivity contribution in [1.82, 2.24) is 44.9 Å². The number of nitrogens with one attached hydrogen (secondary N) is 1. The second-order valence-corrected chi connectivity index (χ2v) is 19.9. The number of piperazine rings is 1. The van der Waals surface area contributed by atoms with Crippen LogP contribution in [0.15, 0.2) is 54.9 Å². The number of ether oxygens (including phenoxy) is 1. The zero-order valence-electron chi connectivity index (χ0n) is 39.3. The highest BCUT2D eigenvalue weighted by atomic mass is 35.5. The van der Waals surface area contributed by atoms with Crippen LogP contribution < -0.4 is 19.9 Å². The molecule has 5 aromatic rings. The Labute approximate surface area is 406 Å². The normalized spacial score (nSPS) is 22.0. The minimum absolute atomic E-state index is 0.0107. The lowest BCUT2D eigenvalue weighted by molar-refractivity contribution is -0.129. The molecule has 2 amide bonds. The summed E-state index contributed by atoms with van der Waals surface area (Å²) in [6.45, 7) is 7.93. The molecule has 3 aliphatic heterocycles. The van der Waals surface area contributed by atoms with Gasteiger partial charge >= 0.3 is 0 Å². The molecule has 3 aromatic heterocycles. The molecule has 1 saturated heterocycles. The van der Waals surface area contributed by atoms with E-state index in [1.54, 1.807) is 61.4 Å². The first-order valence-electron chi connectivity index (χ1n) is 24.5. The van der Waals surface area contributed by atoms with Gasteiger partial charge in [0.25, 0.3) is 12.3 Å². The second-order valence-electron chi connectivity index (χ2n) is 19.5. The first-order valence-corrected chi connectivity index (χ1v) is 24.9. The van der Waals surface area contributed by atoms with Crippen LogP contribution in [0.5, 0.6) is 5.75 Å². The lowest BCUT2D eigenvalue weighted by Crippen LogP contribution is -2.48. The van der Waals surface area contributed by atoms with E-state index >= 15 is 0 Å². The molecule has 2 saturated carbocycles. The molecule has 6 heterocycles. The quantitative estimate of drug-likeness (QED) is 0.136. The Morgan fingerprint density at radius 3 is 2.42 bits per heavy atom. The predicted octanol–water partition coefficient (Wildman–Crippen LogP) is 8.20. The van der Waals surface area contributed by atoms with Gasteiger partial charge in [0.05, 0.1) is 35.5 Å². The molecule has 3 fully saturated rings. The molecule has 0 atom stereocenters. The maximum Gasteiger partial charge on any atom is 0.272 e. The number of carbonyl (C=O) groups is 2. The van der Waals surface area contributed by atoms with E-state index in [4.69, 9.17) is 26.7 Å². The fourth-order valence-electron chi connectivity index (χ4n) is 11.2. The summed E-state index contributed by atoms with van der Waals surface area (Å²) in [6.07, 6.45) is 10.5. The number of fused-ring (bicyclic) bond motifs is 2. The Hall–Kier alpha value is -6.12. The van der Waals surface area contributed by atoms with Crippen LogP contribution in [0.25, 0.3) is 11.1 Å². The van der Waals surface area contributed by atoms with Gasteiger partial charge in [-0.2, -0.15) is 15.5 Å². The molecule has 5 aliphatic rings. The lowest BCUT2D eigenvalue weighted by Gasteiger charge is -2.38. The van der Waals surface area contributed by atoms with Crippen molar-refractivity contribution in [2.75, 3.05) is 55.6 Å². The SMILES string of the molecule is CC(=O)N1CCc2c(c(N3CCCc4cc(-c5cnn(C)c5)c(C(F)F)cc43)nn2C2CCC(CN3CCN(c4ccc(C(=O)NC5CCC(Oc6ccc(C#N)c(Cl)c6)CC5)nn4)CC3)CC2)C1. The van der Waals surface area contributed by atoms with Gasteiger partial charge in [-0.3, -0.25) is 23.9 Å². The number of benzene rings is 2. The predicted molar refractivity (Wildman–Crippen MR) is 258 cm³/mol. The van der Waals surface area contributed by atoms with Crippen LogP contribution in [0.2, 0.25) is 5.02 Å². The monoisotopic (exact) mass is 960 g/mol. The summed E-state index contributed by atoms with van der Waals surface area (Å²) in [7, 11) is 1.79. The van der Waals surface area contributed by atoms with E-state index in [1.165, 1.54) is 5.69 Å². The van der Waals surface area contributed by atoms with Crippen molar-refractivity contribution < 1.29 is 23.1 Å². The topological polar surface area (TPSA) is 154 Å². The van der Waals surface area contributed by atoms with Crippen LogP contribution in [0.3, 0.4) is 0 Å². The lowest BCUT2D eigenvalue weighted by atomic mass is 9.85. The molecular weight excluding hydrogens is 902 g/mol. The fourth-order valence-corrected chi connectivity index (χ4v) is 11.4. The van der Waals surface area contributed by atoms with Crippen molar-refractivity contribution in [3.63, 3.8) is 0 Å². The fraction of sp³-hybridized carbons (Fsp3) is 0.510. The van der Waals surface area contributed by atoms with Crippen molar-refractivity contribution in [2.45, 2.75) is 109 Å². The van der Waals surface area contributed by atoms with Gasteiger partial charge in [0.1, 0.15) is 11.8 Å². The first-order chi connectivity index (χ1) is 33.5. The molecular formula is C51H59ClF2N12O3. The second kappa shape index (κ2) is 20.1. The molecule has 0 bridgehead atoms. The highest BCUT2D eigenvalue weighted by molar-refractivity contribution is 6.31. The molecule has 1 N–H and O–H groups in total. The van der Waals surface area contributed by atoms with Crippen molar-refractivity contribution >= 4 is 40.7 Å². The minimum Gasteiger partial charge on any atom is -0.490 e. The molecule has 69 heavy (non-hydrogen) atoms. The number of hydrogen-bond donors (Lipinski definition) is 1. The van der Waals surface area contributed by atoms with Crippen LogP contribution in [-0.4, -0.2) is 109 Å². The Morgan fingerprint density at radius 1 is 0.942 bits per heavy atom. The highest BCUT2D eigenvalue weighted by Gasteiger charge is 2.36. The molecule has 362 valence electrons. The van der Waals surface area contributed by atoms with Crippen molar-refractivity contribution in [3.8, 4) is 22.9 Å². The van der Waals surface area contributed by atoms with Gasteiger partial charge in [-0.25, -0.2) is 8.78 Å². The van der Waals surface area contributed by atoms with Crippen molar-refractivity contribution in [3.05, 3.63) is 93.5 Å². The highest BCUT2D eigenvalue weighted by Crippen LogP contribution is 2.44. The number of aryl methyl sites for hydroxylation is 2. The standard InChI is InChI=1S/C51H59ClF2N12O3/c1-32(67)64-19-17-46-43(31-64)50(65-18-3-4-34-24-41(36-28-56-61(2)30-36)42(49(53)54)26-47(34)65)60-66(46)38-10-5-33(6-11-38)29-62-20-22-63(23-21-62)48-16-15-45(58-59-48)51(68)57-37-8-13-39(14-9-37)69-40-12-7-35(27-55)44(52)25-40/h7,12,15-16,24-26,28,30,33,37-39,49H,3-6,8-11,13-14,17-23,29,31H2,1-2H3,(H,57,68). The summed E-state index contributed by atoms with van der Waals surface area (Å²) in [5.74, 6) is 2.59. The van der Waals surface area contributed by atoms with Crippen LogP contribution in [0.4, 0.5) is 26.1 Å². The molecule has 0 radical (unpaired) electrons. The third kappa shape index (κ3) is 10.0. The first kappa shape index (κ1) is 46.6. The van der Waals surface area contributed by atoms with Gasteiger partial charge in [0.2, 0.25) is 5.91 Å². The van der Waals surface area contributed by atoms with Crippen LogP contribution >= 0.6 is 11.6 Å². The van der Waals surface area contributed by atoms with Gasteiger partial charge in [-0.1, -0.05) is 11.6 Å². The van der Waals surface area contributed by atoms with E-state index in [2.05, 4.69) is 46.1 Å². The van der Waals surface area contributed by atoms with Gasteiger partial charge < -0.3 is 24.8 Å². The number of rotatable bonds is 11. The molecule has 10 rings (SSSR count). The summed E-state index contributed by atoms with van der Waals surface area (Å²) < 4.78 is 39.5. The van der Waals surface area contributed by atoms with Crippen LogP contribution in [-0.2, 0) is 31.2 Å². The molecule has 0 unspecified atom stereocenters. The summed E-state index contributed by atoms with van der Waals surface area (Å²) >= 11 is 6.18. The van der Waals surface area contributed by atoms with Crippen LogP contribution in [0.1, 0.15) is 116 Å². The number of nitrogens with zero attached hydrogens (tertiary/aromatic N) is 11. The minimum atomic E-state index is -2.66. The van der Waals surface area contributed by atoms with E-state index in [0.29, 0.717) is 65.1 Å². The average molecular weight is 962 g/mol. The third-order valence-electron chi connectivity index (χ3n) is 15.0. The van der Waals surface area contributed by atoms with E-state index in [-0.39, 0.29) is 35.6 Å². The number of hydrogen-bond acceptors (Lipinski definition) is 11. The van der Waals surface area contributed by atoms with Gasteiger partial charge in [-0.15, -0.1) is 10.2 Å². The Balaban J connectivity index is 0.724. The van der Waals surface area contributed by atoms with E-state index in [1.807, 2.05) is 17.0 Å². The zero-order chi connectivity index (χ0) is 47.8. The Morgan fingerprint density at radius 2 is 1.74 bits per heavy atom. The molecule has 15 nitrogen and oxygen atoms in total. The molecule has 2 aromatic carbocycles. The number of amides is 2. The zero-order valence-corrected chi connectivity index (χ0v) is 40.1. The third-order valence-corrected chi connectivity index (χ3v) is 15.3. The van der Waals surface area contributed by atoms with Gasteiger partial charge in [0, 0.05) is 113 Å². The number of alkyl halides is 2. The largest absolute Gasteiger partial charge is 0.490 e. The van der Waals surface area contributed by atoms with Crippen molar-refractivity contribution in [1.29, 1.82) is 5.26 Å². The van der Waals surface area contributed by atoms with E-state index < -0.39 is 6.43 Å². The molecule has 18 heteroatoms. The summed E-state index contributed by atoms with van der Waals surface area (Å²) in [5.41, 5.74) is 5.91. The van der Waals surface area contributed by atoms with Crippen molar-refractivity contribution in [2.24, 2.45) is 13.0 Å². The maximum atomic E-state index is 14.8. The number of nitriles is 1. The summed E-state index contributed by atoms with van der Waals surface area (Å²) in [6, 6.07) is 14.7. The van der Waals surface area contributed by atoms with Gasteiger partial charge in [0.15, 0.2) is 17.3 Å². The smallest absolute Gasteiger partial charge is 0.272 e. The maximum absolute atomic E-state index is 14.8. The number of aromatic nitrogens is 6. The van der Waals surface area contributed by atoms with E-state index in [9.17, 15) is 18.4 Å². The number of anilines is 3. The summed E-state index contributed by atoms with van der Waals surface area (Å²) in [5, 5.41) is 31.0. The van der Waals surface area contributed by atoms with Gasteiger partial charge in [-0.05, 0) is 118 Å². The summed E-state index contributed by atoms with van der Waals surface area (Å²) in [4.78, 5) is 34.6. The Bertz CT molecular complexity index is 2710. The number of halogens is 3. The number of carbonyl (C=O) groups excluding carboxylic acids is 2. The van der Waals surface area contributed by atoms with Crippen LogP contribution in [0, 0.1) is 17.2 Å². The van der Waals surface area contributed by atoms with E-state index in [0.717, 1.165) is 125 Å². The molecule has 2 aliphatic carbocycles. The average Bonchev–Trinajstić information content (AvgIpc) is 3.98. The Kier molecular flexibility index (Phi) is 13.6. The molecule has 0 spiro atoms.